The van der Waals surface area contributed by atoms with Gasteiger partial charge in [-0.25, -0.2) is 0 Å². The van der Waals surface area contributed by atoms with Crippen LogP contribution < -0.4 is 5.32 Å². The average molecular weight is 543 g/mol. The molecule has 1 N–H and O–H groups in total. The van der Waals surface area contributed by atoms with E-state index >= 15 is 0 Å². The maximum atomic E-state index is 12.7. The normalized spacial score (nSPS) is 10.8. The minimum Gasteiger partial charge on any atom is -0.321 e. The molecule has 1 amide bonds. The molecule has 0 bridgehead atoms. The van der Waals surface area contributed by atoms with Crippen molar-refractivity contribution >= 4 is 56.7 Å². The molecular weight excluding hydrogens is 525 g/mol. The Hall–Kier alpha value is -2.28. The van der Waals surface area contributed by atoms with Crippen molar-refractivity contribution in [2.75, 3.05) is 5.32 Å². The van der Waals surface area contributed by atoms with Crippen molar-refractivity contribution < 1.29 is 4.79 Å². The highest BCUT2D eigenvalue weighted by Gasteiger charge is 2.28. The van der Waals surface area contributed by atoms with Gasteiger partial charge in [-0.1, -0.05) is 48.0 Å². The van der Waals surface area contributed by atoms with Crippen LogP contribution in [0.5, 0.6) is 0 Å². The van der Waals surface area contributed by atoms with Gasteiger partial charge in [-0.15, -0.1) is 0 Å². The van der Waals surface area contributed by atoms with E-state index in [0.29, 0.717) is 16.3 Å². The smallest absolute Gasteiger partial charge is 0.255 e. The number of carbonyl (C=O) groups excluding carboxylic acids is 1. The van der Waals surface area contributed by atoms with Gasteiger partial charge >= 0.3 is 0 Å². The van der Waals surface area contributed by atoms with E-state index in [9.17, 15) is 4.79 Å². The van der Waals surface area contributed by atoms with Crippen molar-refractivity contribution in [2.24, 2.45) is 0 Å². The molecule has 0 aliphatic heterocycles. The highest BCUT2D eigenvalue weighted by atomic mass is 127. The van der Waals surface area contributed by atoms with Crippen molar-refractivity contribution in [3.63, 3.8) is 0 Å². The zero-order valence-corrected chi connectivity index (χ0v) is 19.6. The molecule has 5 heteroatoms. The van der Waals surface area contributed by atoms with Gasteiger partial charge in [0.05, 0.1) is 16.6 Å². The van der Waals surface area contributed by atoms with Gasteiger partial charge in [-0.05, 0) is 89.3 Å². The Bertz CT molecular complexity index is 1110. The Morgan fingerprint density at radius 1 is 0.733 bits per heavy atom. The SMILES string of the molecule is O=C(Nc1cc(Cl)ccc1I)c1ccc([S+](c2ccccc2)c2ccccc2)cc1. The Kier molecular flexibility index (Phi) is 6.77. The Morgan fingerprint density at radius 3 is 1.83 bits per heavy atom. The van der Waals surface area contributed by atoms with E-state index in [-0.39, 0.29) is 16.8 Å². The van der Waals surface area contributed by atoms with Crippen LogP contribution in [0.3, 0.4) is 0 Å². The molecule has 0 atom stereocenters. The van der Waals surface area contributed by atoms with Gasteiger partial charge in [0.15, 0.2) is 14.7 Å². The first-order valence-electron chi connectivity index (χ1n) is 9.33. The molecule has 0 aromatic heterocycles. The van der Waals surface area contributed by atoms with E-state index in [0.717, 1.165) is 3.57 Å². The lowest BCUT2D eigenvalue weighted by molar-refractivity contribution is 0.102. The Labute approximate surface area is 197 Å². The number of hydrogen-bond donors (Lipinski definition) is 1. The van der Waals surface area contributed by atoms with Crippen LogP contribution in [0.4, 0.5) is 5.69 Å². The summed E-state index contributed by atoms with van der Waals surface area (Å²) in [7, 11) is -0.231. The molecule has 0 aliphatic rings. The molecule has 4 rings (SSSR count). The van der Waals surface area contributed by atoms with Gasteiger partial charge in [0.25, 0.3) is 5.91 Å². The fraction of sp³-hybridized carbons (Fsp3) is 0. The van der Waals surface area contributed by atoms with Crippen molar-refractivity contribution in [3.05, 3.63) is 117 Å². The topological polar surface area (TPSA) is 29.1 Å². The second kappa shape index (κ2) is 9.69. The highest BCUT2D eigenvalue weighted by molar-refractivity contribution is 14.1. The van der Waals surface area contributed by atoms with Gasteiger partial charge in [-0.3, -0.25) is 4.79 Å². The first-order valence-corrected chi connectivity index (χ1v) is 12.0. The second-order valence-corrected chi connectivity index (χ2v) is 10.2. The van der Waals surface area contributed by atoms with Gasteiger partial charge in [-0.2, -0.15) is 0 Å². The maximum Gasteiger partial charge on any atom is 0.255 e. The number of hydrogen-bond acceptors (Lipinski definition) is 1. The van der Waals surface area contributed by atoms with E-state index in [2.05, 4.69) is 76.4 Å². The lowest BCUT2D eigenvalue weighted by Crippen LogP contribution is -2.13. The summed E-state index contributed by atoms with van der Waals surface area (Å²) in [6, 6.07) is 34.2. The zero-order chi connectivity index (χ0) is 20.9. The van der Waals surface area contributed by atoms with E-state index in [1.807, 2.05) is 48.5 Å². The number of carbonyl (C=O) groups is 1. The van der Waals surface area contributed by atoms with Crippen LogP contribution in [0, 0.1) is 3.57 Å². The molecule has 0 unspecified atom stereocenters. The van der Waals surface area contributed by atoms with E-state index in [4.69, 9.17) is 11.6 Å². The summed E-state index contributed by atoms with van der Waals surface area (Å²) in [5.74, 6) is -0.152. The zero-order valence-electron chi connectivity index (χ0n) is 15.9. The third-order valence-electron chi connectivity index (χ3n) is 4.49. The first kappa shape index (κ1) is 21.0. The quantitative estimate of drug-likeness (QED) is 0.208. The molecule has 0 radical (unpaired) electrons. The molecule has 0 saturated carbocycles. The first-order chi connectivity index (χ1) is 14.6. The molecule has 4 aromatic rings. The molecule has 2 nitrogen and oxygen atoms in total. The number of rotatable bonds is 5. The van der Waals surface area contributed by atoms with Crippen LogP contribution in [-0.2, 0) is 10.9 Å². The fourth-order valence-electron chi connectivity index (χ4n) is 3.05. The van der Waals surface area contributed by atoms with Gasteiger partial charge in [0, 0.05) is 14.2 Å². The summed E-state index contributed by atoms with van der Waals surface area (Å²) in [6.07, 6.45) is 0. The average Bonchev–Trinajstić information content (AvgIpc) is 2.78. The van der Waals surface area contributed by atoms with Gasteiger partial charge < -0.3 is 5.32 Å². The molecule has 0 heterocycles. The van der Waals surface area contributed by atoms with E-state index in [1.165, 1.54) is 14.7 Å². The van der Waals surface area contributed by atoms with Crippen LogP contribution >= 0.6 is 34.2 Å². The fourth-order valence-corrected chi connectivity index (χ4v) is 5.78. The number of nitrogens with one attached hydrogen (secondary N) is 1. The number of halogens is 2. The summed E-state index contributed by atoms with van der Waals surface area (Å²) in [5.41, 5.74) is 1.32. The van der Waals surface area contributed by atoms with Crippen LogP contribution in [-0.4, -0.2) is 5.91 Å². The van der Waals surface area contributed by atoms with Crippen molar-refractivity contribution in [1.82, 2.24) is 0 Å². The predicted octanol–water partition coefficient (Wildman–Crippen LogP) is 7.29. The van der Waals surface area contributed by atoms with E-state index < -0.39 is 0 Å². The summed E-state index contributed by atoms with van der Waals surface area (Å²) in [6.45, 7) is 0. The van der Waals surface area contributed by atoms with Crippen LogP contribution in [0.1, 0.15) is 10.4 Å². The van der Waals surface area contributed by atoms with Gasteiger partial charge in [0.1, 0.15) is 0 Å². The summed E-state index contributed by atoms with van der Waals surface area (Å²) >= 11 is 8.25. The van der Waals surface area contributed by atoms with Crippen LogP contribution in [0.25, 0.3) is 0 Å². The third kappa shape index (κ3) is 4.89. The maximum absolute atomic E-state index is 12.7. The molecule has 0 fully saturated rings. The lowest BCUT2D eigenvalue weighted by Gasteiger charge is -2.10. The summed E-state index contributed by atoms with van der Waals surface area (Å²) in [5, 5.41) is 3.54. The van der Waals surface area contributed by atoms with Crippen molar-refractivity contribution in [3.8, 4) is 0 Å². The number of benzene rings is 4. The third-order valence-corrected chi connectivity index (χ3v) is 7.89. The number of anilines is 1. The van der Waals surface area contributed by atoms with Crippen LogP contribution in [0.15, 0.2) is 118 Å². The Morgan fingerprint density at radius 2 is 1.27 bits per heavy atom. The molecule has 30 heavy (non-hydrogen) atoms. The molecule has 0 saturated heterocycles. The molecule has 4 aromatic carbocycles. The summed E-state index contributed by atoms with van der Waals surface area (Å²) < 4.78 is 0.941. The largest absolute Gasteiger partial charge is 0.321 e. The highest BCUT2D eigenvalue weighted by Crippen LogP contribution is 2.31. The van der Waals surface area contributed by atoms with Crippen molar-refractivity contribution in [1.29, 1.82) is 0 Å². The van der Waals surface area contributed by atoms with Crippen molar-refractivity contribution in [2.45, 2.75) is 14.7 Å². The minimum absolute atomic E-state index is 0.152. The number of amides is 1. The van der Waals surface area contributed by atoms with Crippen LogP contribution in [0.2, 0.25) is 5.02 Å². The second-order valence-electron chi connectivity index (χ2n) is 6.53. The van der Waals surface area contributed by atoms with Gasteiger partial charge in [0.2, 0.25) is 0 Å². The lowest BCUT2D eigenvalue weighted by atomic mass is 10.2. The molecular formula is C25H18ClINOS+. The monoisotopic (exact) mass is 542 g/mol. The standard InChI is InChI=1S/C25H17ClINOS/c26-19-13-16-23(27)24(17-19)28-25(29)18-11-14-22(15-12-18)30(20-7-3-1-4-8-20)21-9-5-2-6-10-21/h1-17H/p+1. The van der Waals surface area contributed by atoms with E-state index in [1.54, 1.807) is 6.07 Å². The minimum atomic E-state index is -0.231. The Balaban J connectivity index is 1.62. The predicted molar refractivity (Wildman–Crippen MR) is 134 cm³/mol. The molecule has 0 aliphatic carbocycles. The summed E-state index contributed by atoms with van der Waals surface area (Å²) in [4.78, 5) is 16.4. The molecule has 0 spiro atoms. The molecule has 148 valence electrons.